The van der Waals surface area contributed by atoms with Gasteiger partial charge in [0, 0.05) is 11.6 Å². The van der Waals surface area contributed by atoms with E-state index in [9.17, 15) is 4.79 Å². The largest absolute Gasteiger partial charge is 0.481 e. The average molecular weight is 393 g/mol. The van der Waals surface area contributed by atoms with Gasteiger partial charge in [-0.05, 0) is 52.3 Å². The summed E-state index contributed by atoms with van der Waals surface area (Å²) in [7, 11) is 0. The Hall–Kier alpha value is -3.15. The Bertz CT molecular complexity index is 964. The highest BCUT2D eigenvalue weighted by Gasteiger charge is 2.26. The Morgan fingerprint density at radius 1 is 1.07 bits per heavy atom. The summed E-state index contributed by atoms with van der Waals surface area (Å²) >= 11 is 0. The number of hydrogen-bond acceptors (Lipinski definition) is 5. The minimum Gasteiger partial charge on any atom is -0.481 e. The van der Waals surface area contributed by atoms with E-state index in [-0.39, 0.29) is 18.5 Å². The molecule has 1 heterocycles. The fourth-order valence-corrected chi connectivity index (χ4v) is 2.98. The van der Waals surface area contributed by atoms with E-state index in [1.165, 1.54) is 0 Å². The van der Waals surface area contributed by atoms with E-state index in [0.717, 1.165) is 16.7 Å². The topological polar surface area (TPSA) is 68.5 Å². The summed E-state index contributed by atoms with van der Waals surface area (Å²) in [6.45, 7) is 9.91. The quantitative estimate of drug-likeness (QED) is 0.589. The maximum atomic E-state index is 13.0. The lowest BCUT2D eigenvalue weighted by molar-refractivity contribution is -0.140. The molecule has 0 fully saturated rings. The first kappa shape index (κ1) is 20.6. The Morgan fingerprint density at radius 3 is 2.45 bits per heavy atom. The molecule has 0 aliphatic carbocycles. The zero-order chi connectivity index (χ0) is 21.0. The second kappa shape index (κ2) is 8.90. The molecule has 3 aromatic rings. The van der Waals surface area contributed by atoms with Crippen molar-refractivity contribution < 1.29 is 14.1 Å². The summed E-state index contributed by atoms with van der Waals surface area (Å²) in [5, 5.41) is 4.05. The summed E-state index contributed by atoms with van der Waals surface area (Å²) in [4.78, 5) is 19.1. The van der Waals surface area contributed by atoms with Crippen molar-refractivity contribution in [1.29, 1.82) is 0 Å². The van der Waals surface area contributed by atoms with E-state index < -0.39 is 6.10 Å². The van der Waals surface area contributed by atoms with Gasteiger partial charge in [-0.15, -0.1) is 0 Å². The highest BCUT2D eigenvalue weighted by atomic mass is 16.5. The molecule has 152 valence electrons. The van der Waals surface area contributed by atoms with Gasteiger partial charge in [0.05, 0.1) is 0 Å². The van der Waals surface area contributed by atoms with Gasteiger partial charge >= 0.3 is 0 Å². The molecule has 2 aromatic carbocycles. The number of ether oxygens (including phenoxy) is 1. The van der Waals surface area contributed by atoms with Crippen molar-refractivity contribution >= 4 is 5.91 Å². The summed E-state index contributed by atoms with van der Waals surface area (Å²) < 4.78 is 11.3. The lowest BCUT2D eigenvalue weighted by atomic mass is 10.1. The van der Waals surface area contributed by atoms with Crippen LogP contribution in [0.2, 0.25) is 0 Å². The van der Waals surface area contributed by atoms with E-state index in [2.05, 4.69) is 10.1 Å². The minimum absolute atomic E-state index is 0.0409. The van der Waals surface area contributed by atoms with Gasteiger partial charge < -0.3 is 14.2 Å². The van der Waals surface area contributed by atoms with Crippen LogP contribution in [0.1, 0.15) is 37.8 Å². The summed E-state index contributed by atoms with van der Waals surface area (Å²) in [6, 6.07) is 15.5. The Balaban J connectivity index is 1.71. The fraction of sp³-hybridized carbons (Fsp3) is 0.348. The molecule has 1 amide bonds. The smallest absolute Gasteiger partial charge is 0.264 e. The molecule has 29 heavy (non-hydrogen) atoms. The number of carbonyl (C=O) groups excluding carboxylic acids is 1. The molecule has 0 aliphatic rings. The molecule has 0 saturated carbocycles. The van der Waals surface area contributed by atoms with Gasteiger partial charge in [-0.1, -0.05) is 47.1 Å². The number of aromatic nitrogens is 2. The second-order valence-electron chi connectivity index (χ2n) is 7.51. The number of benzene rings is 2. The average Bonchev–Trinajstić information content (AvgIpc) is 3.14. The molecule has 1 atom stereocenters. The van der Waals surface area contributed by atoms with Crippen molar-refractivity contribution in [3.05, 3.63) is 65.5 Å². The Morgan fingerprint density at radius 2 is 1.79 bits per heavy atom. The van der Waals surface area contributed by atoms with Crippen LogP contribution in [0.5, 0.6) is 5.75 Å². The predicted molar refractivity (Wildman–Crippen MR) is 111 cm³/mol. The number of hydrogen-bond donors (Lipinski definition) is 0. The summed E-state index contributed by atoms with van der Waals surface area (Å²) in [5.74, 6) is 1.45. The third kappa shape index (κ3) is 5.22. The zero-order valence-electron chi connectivity index (χ0n) is 17.5. The molecule has 0 saturated heterocycles. The fourth-order valence-electron chi connectivity index (χ4n) is 2.98. The zero-order valence-corrected chi connectivity index (χ0v) is 17.5. The van der Waals surface area contributed by atoms with Crippen LogP contribution in [-0.2, 0) is 11.3 Å². The molecule has 0 radical (unpaired) electrons. The van der Waals surface area contributed by atoms with Gasteiger partial charge in [0.1, 0.15) is 12.3 Å². The highest BCUT2D eigenvalue weighted by Crippen LogP contribution is 2.19. The first-order valence-corrected chi connectivity index (χ1v) is 9.77. The number of nitrogens with zero attached hydrogens (tertiary/aromatic N) is 3. The van der Waals surface area contributed by atoms with E-state index >= 15 is 0 Å². The van der Waals surface area contributed by atoms with E-state index in [4.69, 9.17) is 9.26 Å². The van der Waals surface area contributed by atoms with Gasteiger partial charge in [-0.25, -0.2) is 0 Å². The van der Waals surface area contributed by atoms with Crippen LogP contribution in [0.25, 0.3) is 11.4 Å². The first-order chi connectivity index (χ1) is 13.8. The molecule has 6 nitrogen and oxygen atoms in total. The SMILES string of the molecule is Cc1ccc(-c2noc(CN(C(=O)[C@@H](C)Oc3cccc(C)c3)C(C)C)n2)cc1. The van der Waals surface area contributed by atoms with Crippen LogP contribution in [0.3, 0.4) is 0 Å². The third-order valence-electron chi connectivity index (χ3n) is 4.64. The molecule has 6 heteroatoms. The van der Waals surface area contributed by atoms with Crippen LogP contribution < -0.4 is 4.74 Å². The van der Waals surface area contributed by atoms with Gasteiger partial charge in [0.15, 0.2) is 6.10 Å². The molecule has 3 rings (SSSR count). The summed E-state index contributed by atoms with van der Waals surface area (Å²) in [5.41, 5.74) is 3.12. The van der Waals surface area contributed by atoms with Crippen LogP contribution >= 0.6 is 0 Å². The number of rotatable bonds is 7. The van der Waals surface area contributed by atoms with Gasteiger partial charge in [-0.3, -0.25) is 4.79 Å². The van der Waals surface area contributed by atoms with Crippen molar-refractivity contribution in [2.75, 3.05) is 0 Å². The number of amides is 1. The van der Waals surface area contributed by atoms with Crippen LogP contribution in [-0.4, -0.2) is 33.1 Å². The molecular weight excluding hydrogens is 366 g/mol. The van der Waals surface area contributed by atoms with Crippen molar-refractivity contribution in [1.82, 2.24) is 15.0 Å². The maximum absolute atomic E-state index is 13.0. The van der Waals surface area contributed by atoms with E-state index in [1.54, 1.807) is 11.8 Å². The van der Waals surface area contributed by atoms with Crippen molar-refractivity contribution in [2.24, 2.45) is 0 Å². The third-order valence-corrected chi connectivity index (χ3v) is 4.64. The monoisotopic (exact) mass is 393 g/mol. The molecule has 0 N–H and O–H groups in total. The van der Waals surface area contributed by atoms with Crippen molar-refractivity contribution in [3.63, 3.8) is 0 Å². The van der Waals surface area contributed by atoms with E-state index in [1.807, 2.05) is 76.2 Å². The standard InChI is InChI=1S/C23H27N3O3/c1-15(2)26(23(27)18(5)28-20-8-6-7-17(4)13-20)14-21-24-22(25-29-21)19-11-9-16(3)10-12-19/h6-13,15,18H,14H2,1-5H3/t18-/m1/s1. The van der Waals surface area contributed by atoms with Crippen LogP contribution in [0.15, 0.2) is 53.1 Å². The van der Waals surface area contributed by atoms with Crippen LogP contribution in [0, 0.1) is 13.8 Å². The molecule has 0 unspecified atom stereocenters. The predicted octanol–water partition coefficient (Wildman–Crippen LogP) is 4.56. The number of carbonyl (C=O) groups is 1. The molecular formula is C23H27N3O3. The Labute approximate surface area is 171 Å². The molecule has 1 aromatic heterocycles. The van der Waals surface area contributed by atoms with Gasteiger partial charge in [0.2, 0.25) is 11.7 Å². The Kier molecular flexibility index (Phi) is 6.32. The maximum Gasteiger partial charge on any atom is 0.264 e. The molecule has 0 aliphatic heterocycles. The number of aryl methyl sites for hydroxylation is 2. The summed E-state index contributed by atoms with van der Waals surface area (Å²) in [6.07, 6.45) is -0.626. The van der Waals surface area contributed by atoms with Crippen molar-refractivity contribution in [2.45, 2.75) is 53.3 Å². The van der Waals surface area contributed by atoms with Gasteiger partial charge in [-0.2, -0.15) is 4.98 Å². The van der Waals surface area contributed by atoms with Crippen LogP contribution in [0.4, 0.5) is 0 Å². The normalized spacial score (nSPS) is 12.1. The van der Waals surface area contributed by atoms with Gasteiger partial charge in [0.25, 0.3) is 5.91 Å². The highest BCUT2D eigenvalue weighted by molar-refractivity contribution is 5.81. The molecule has 0 bridgehead atoms. The first-order valence-electron chi connectivity index (χ1n) is 9.77. The molecule has 0 spiro atoms. The van der Waals surface area contributed by atoms with E-state index in [0.29, 0.717) is 17.5 Å². The lowest BCUT2D eigenvalue weighted by Gasteiger charge is -2.28. The lowest BCUT2D eigenvalue weighted by Crippen LogP contribution is -2.43. The second-order valence-corrected chi connectivity index (χ2v) is 7.51. The minimum atomic E-state index is -0.626. The van der Waals surface area contributed by atoms with Crippen molar-refractivity contribution in [3.8, 4) is 17.1 Å².